The summed E-state index contributed by atoms with van der Waals surface area (Å²) in [6.07, 6.45) is 3.82. The molecule has 8 nitrogen and oxygen atoms in total. The van der Waals surface area contributed by atoms with E-state index >= 15 is 0 Å². The van der Waals surface area contributed by atoms with Crippen molar-refractivity contribution in [3.63, 3.8) is 0 Å². The topological polar surface area (TPSA) is 110 Å². The molecule has 2 heterocycles. The summed E-state index contributed by atoms with van der Waals surface area (Å²) in [6.45, 7) is 0.843. The average molecular weight is 301 g/mol. The SMILES string of the molecule is Cn1ncc(N)c1C(=O)NC1CCN(S(C)(=O)=O)CC1. The summed E-state index contributed by atoms with van der Waals surface area (Å²) in [5.41, 5.74) is 6.36. The molecule has 0 spiro atoms. The van der Waals surface area contributed by atoms with Crippen molar-refractivity contribution in [1.82, 2.24) is 19.4 Å². The van der Waals surface area contributed by atoms with Gasteiger partial charge in [0.2, 0.25) is 10.0 Å². The van der Waals surface area contributed by atoms with E-state index in [1.54, 1.807) is 7.05 Å². The molecule has 0 atom stereocenters. The van der Waals surface area contributed by atoms with Crippen LogP contribution >= 0.6 is 0 Å². The molecule has 112 valence electrons. The van der Waals surface area contributed by atoms with Crippen molar-refractivity contribution in [1.29, 1.82) is 0 Å². The number of anilines is 1. The van der Waals surface area contributed by atoms with Gasteiger partial charge in [-0.3, -0.25) is 9.48 Å². The third kappa shape index (κ3) is 3.10. The lowest BCUT2D eigenvalue weighted by atomic mass is 10.1. The number of nitrogen functional groups attached to an aromatic ring is 1. The molecular weight excluding hydrogens is 282 g/mol. The van der Waals surface area contributed by atoms with Gasteiger partial charge in [-0.05, 0) is 12.8 Å². The Kier molecular flexibility index (Phi) is 4.00. The molecule has 0 aromatic carbocycles. The van der Waals surface area contributed by atoms with Crippen molar-refractivity contribution < 1.29 is 13.2 Å². The zero-order valence-corrected chi connectivity index (χ0v) is 12.4. The summed E-state index contributed by atoms with van der Waals surface area (Å²) >= 11 is 0. The van der Waals surface area contributed by atoms with Crippen LogP contribution in [0.2, 0.25) is 0 Å². The molecule has 2 rings (SSSR count). The van der Waals surface area contributed by atoms with Crippen LogP contribution in [0, 0.1) is 0 Å². The number of amides is 1. The first-order valence-electron chi connectivity index (χ1n) is 6.32. The highest BCUT2D eigenvalue weighted by molar-refractivity contribution is 7.88. The van der Waals surface area contributed by atoms with Gasteiger partial charge in [-0.25, -0.2) is 12.7 Å². The van der Waals surface area contributed by atoms with Crippen molar-refractivity contribution in [2.75, 3.05) is 25.1 Å². The van der Waals surface area contributed by atoms with Crippen molar-refractivity contribution in [3.8, 4) is 0 Å². The van der Waals surface area contributed by atoms with Gasteiger partial charge in [0.1, 0.15) is 5.69 Å². The average Bonchev–Trinajstić information content (AvgIpc) is 2.68. The molecule has 0 unspecified atom stereocenters. The zero-order chi connectivity index (χ0) is 14.9. The molecule has 0 bridgehead atoms. The molecule has 0 saturated carbocycles. The number of carbonyl (C=O) groups excluding carboxylic acids is 1. The largest absolute Gasteiger partial charge is 0.396 e. The van der Waals surface area contributed by atoms with Gasteiger partial charge in [-0.1, -0.05) is 0 Å². The predicted octanol–water partition coefficient (Wildman–Crippen LogP) is -0.844. The van der Waals surface area contributed by atoms with E-state index in [0.29, 0.717) is 37.3 Å². The molecule has 1 aliphatic rings. The highest BCUT2D eigenvalue weighted by Crippen LogP contribution is 2.15. The fraction of sp³-hybridized carbons (Fsp3) is 0.636. The Morgan fingerprint density at radius 2 is 2.05 bits per heavy atom. The number of piperidine rings is 1. The predicted molar refractivity (Wildman–Crippen MR) is 74.5 cm³/mol. The molecule has 3 N–H and O–H groups in total. The normalized spacial score (nSPS) is 18.1. The van der Waals surface area contributed by atoms with Gasteiger partial charge in [0.05, 0.1) is 18.1 Å². The van der Waals surface area contributed by atoms with Crippen LogP contribution in [0.5, 0.6) is 0 Å². The molecule has 1 saturated heterocycles. The number of nitrogens with two attached hydrogens (primary N) is 1. The molecule has 1 aromatic rings. The molecule has 0 radical (unpaired) electrons. The summed E-state index contributed by atoms with van der Waals surface area (Å²) in [7, 11) is -1.50. The second kappa shape index (κ2) is 5.41. The van der Waals surface area contributed by atoms with Gasteiger partial charge < -0.3 is 11.1 Å². The Labute approximate surface area is 118 Å². The van der Waals surface area contributed by atoms with Gasteiger partial charge in [-0.2, -0.15) is 5.10 Å². The molecular formula is C11H19N5O3S. The number of rotatable bonds is 3. The van der Waals surface area contributed by atoms with E-state index in [-0.39, 0.29) is 11.9 Å². The first-order chi connectivity index (χ1) is 9.29. The van der Waals surface area contributed by atoms with Gasteiger partial charge in [0.15, 0.2) is 0 Å². The molecule has 1 fully saturated rings. The maximum absolute atomic E-state index is 12.1. The number of nitrogens with zero attached hydrogens (tertiary/aromatic N) is 3. The Balaban J connectivity index is 1.95. The van der Waals surface area contributed by atoms with Crippen LogP contribution in [0.3, 0.4) is 0 Å². The van der Waals surface area contributed by atoms with Gasteiger partial charge >= 0.3 is 0 Å². The Hall–Kier alpha value is -1.61. The van der Waals surface area contributed by atoms with Crippen molar-refractivity contribution >= 4 is 21.6 Å². The highest BCUT2D eigenvalue weighted by Gasteiger charge is 2.27. The lowest BCUT2D eigenvalue weighted by Gasteiger charge is -2.30. The maximum atomic E-state index is 12.1. The fourth-order valence-corrected chi connectivity index (χ4v) is 3.19. The number of carbonyl (C=O) groups is 1. The van der Waals surface area contributed by atoms with Crippen LogP contribution in [0.15, 0.2) is 6.20 Å². The third-order valence-electron chi connectivity index (χ3n) is 3.44. The fourth-order valence-electron chi connectivity index (χ4n) is 2.32. The van der Waals surface area contributed by atoms with E-state index in [9.17, 15) is 13.2 Å². The summed E-state index contributed by atoms with van der Waals surface area (Å²) in [6, 6.07) is -0.0465. The van der Waals surface area contributed by atoms with Crippen LogP contribution in [-0.2, 0) is 17.1 Å². The summed E-state index contributed by atoms with van der Waals surface area (Å²) in [5.74, 6) is -0.277. The lowest BCUT2D eigenvalue weighted by molar-refractivity contribution is 0.0915. The zero-order valence-electron chi connectivity index (χ0n) is 11.5. The number of aromatic nitrogens is 2. The molecule has 20 heavy (non-hydrogen) atoms. The number of aryl methyl sites for hydroxylation is 1. The number of hydrogen-bond acceptors (Lipinski definition) is 5. The van der Waals surface area contributed by atoms with E-state index in [1.807, 2.05) is 0 Å². The van der Waals surface area contributed by atoms with Crippen LogP contribution in [0.4, 0.5) is 5.69 Å². The van der Waals surface area contributed by atoms with Gasteiger partial charge in [-0.15, -0.1) is 0 Å². The van der Waals surface area contributed by atoms with Crippen molar-refractivity contribution in [2.24, 2.45) is 7.05 Å². The summed E-state index contributed by atoms with van der Waals surface area (Å²) < 4.78 is 25.7. The van der Waals surface area contributed by atoms with Crippen LogP contribution in [-0.4, -0.2) is 53.8 Å². The highest BCUT2D eigenvalue weighted by atomic mass is 32.2. The second-order valence-electron chi connectivity index (χ2n) is 4.98. The summed E-state index contributed by atoms with van der Waals surface area (Å²) in [5, 5.41) is 6.79. The van der Waals surface area contributed by atoms with Crippen molar-refractivity contribution in [3.05, 3.63) is 11.9 Å². The Bertz CT molecular complexity index is 582. The third-order valence-corrected chi connectivity index (χ3v) is 4.74. The Morgan fingerprint density at radius 1 is 1.45 bits per heavy atom. The molecule has 1 amide bonds. The maximum Gasteiger partial charge on any atom is 0.271 e. The first kappa shape index (κ1) is 14.8. The Morgan fingerprint density at radius 3 is 2.50 bits per heavy atom. The van der Waals surface area contributed by atoms with E-state index in [2.05, 4.69) is 10.4 Å². The van der Waals surface area contributed by atoms with Crippen LogP contribution in [0.1, 0.15) is 23.3 Å². The lowest BCUT2D eigenvalue weighted by Crippen LogP contribution is -2.46. The van der Waals surface area contributed by atoms with E-state index < -0.39 is 10.0 Å². The van der Waals surface area contributed by atoms with Crippen LogP contribution < -0.4 is 11.1 Å². The van der Waals surface area contributed by atoms with E-state index in [4.69, 9.17) is 5.73 Å². The first-order valence-corrected chi connectivity index (χ1v) is 8.17. The second-order valence-corrected chi connectivity index (χ2v) is 6.96. The van der Waals surface area contributed by atoms with Crippen molar-refractivity contribution in [2.45, 2.75) is 18.9 Å². The van der Waals surface area contributed by atoms with Gasteiger partial charge in [0.25, 0.3) is 5.91 Å². The molecule has 9 heteroatoms. The minimum absolute atomic E-state index is 0.0465. The summed E-state index contributed by atoms with van der Waals surface area (Å²) in [4.78, 5) is 12.1. The molecule has 1 aliphatic heterocycles. The van der Waals surface area contributed by atoms with Gasteiger partial charge in [0, 0.05) is 26.2 Å². The van der Waals surface area contributed by atoms with E-state index in [1.165, 1.54) is 21.4 Å². The number of sulfonamides is 1. The smallest absolute Gasteiger partial charge is 0.271 e. The number of hydrogen-bond donors (Lipinski definition) is 2. The van der Waals surface area contributed by atoms with E-state index in [0.717, 1.165) is 0 Å². The quantitative estimate of drug-likeness (QED) is 0.756. The number of nitrogens with one attached hydrogen (secondary N) is 1. The monoisotopic (exact) mass is 301 g/mol. The van der Waals surface area contributed by atoms with Crippen LogP contribution in [0.25, 0.3) is 0 Å². The standard InChI is InChI=1S/C11H19N5O3S/c1-15-10(9(12)7-13-15)11(17)14-8-3-5-16(6-4-8)20(2,18)19/h7-8H,3-6,12H2,1-2H3,(H,14,17). The molecule has 1 aromatic heterocycles. The molecule has 0 aliphatic carbocycles. The minimum atomic E-state index is -3.15. The minimum Gasteiger partial charge on any atom is -0.396 e.